The number of hydrogen-bond acceptors (Lipinski definition) is 7. The first-order valence-electron chi connectivity index (χ1n) is 16.0. The fraction of sp³-hybridized carbons (Fsp3) is 0.688. The van der Waals surface area contributed by atoms with Gasteiger partial charge in [0.2, 0.25) is 15.9 Å². The maximum atomic E-state index is 14.2. The summed E-state index contributed by atoms with van der Waals surface area (Å²) in [5.41, 5.74) is 0.221. The Kier molecular flexibility index (Phi) is 10.5. The fourth-order valence-corrected chi connectivity index (χ4v) is 8.07. The van der Waals surface area contributed by atoms with E-state index in [1.807, 2.05) is 43.0 Å². The van der Waals surface area contributed by atoms with E-state index in [1.54, 1.807) is 12.0 Å². The highest BCUT2D eigenvalue weighted by Gasteiger charge is 2.59. The number of nitrogens with zero attached hydrogens (tertiary/aromatic N) is 2. The van der Waals surface area contributed by atoms with Crippen LogP contribution in [0, 0.1) is 5.92 Å². The van der Waals surface area contributed by atoms with Crippen molar-refractivity contribution in [2.75, 3.05) is 33.6 Å². The third-order valence-corrected chi connectivity index (χ3v) is 11.4. The number of nitrogens with one attached hydrogen (secondary N) is 2. The predicted octanol–water partition coefficient (Wildman–Crippen LogP) is 3.55. The Morgan fingerprint density at radius 2 is 1.91 bits per heavy atom. The minimum Gasteiger partial charge on any atom is -0.497 e. The molecule has 5 rings (SSSR count). The van der Waals surface area contributed by atoms with Crippen LogP contribution in [0.2, 0.25) is 0 Å². The number of carbonyl (C=O) groups excluding carboxylic acids is 2. The van der Waals surface area contributed by atoms with Gasteiger partial charge in [-0.25, -0.2) is 17.9 Å². The Morgan fingerprint density at radius 1 is 1.14 bits per heavy atom. The molecule has 1 aromatic carbocycles. The van der Waals surface area contributed by atoms with Gasteiger partial charge in [-0.1, -0.05) is 30.7 Å². The predicted molar refractivity (Wildman–Crippen MR) is 166 cm³/mol. The molecular formula is C32H48N4O7S. The van der Waals surface area contributed by atoms with Crippen LogP contribution >= 0.6 is 0 Å². The van der Waals surface area contributed by atoms with Gasteiger partial charge in [-0.05, 0) is 70.1 Å². The van der Waals surface area contributed by atoms with Crippen molar-refractivity contribution in [1.29, 1.82) is 0 Å². The second-order valence-electron chi connectivity index (χ2n) is 12.6. The van der Waals surface area contributed by atoms with Gasteiger partial charge >= 0.3 is 6.03 Å². The number of benzene rings is 1. The third-order valence-electron chi connectivity index (χ3n) is 9.36. The molecule has 2 heterocycles. The van der Waals surface area contributed by atoms with Gasteiger partial charge in [0.15, 0.2) is 0 Å². The summed E-state index contributed by atoms with van der Waals surface area (Å²) in [5.74, 6) is 0.473. The minimum absolute atomic E-state index is 0.00982. The van der Waals surface area contributed by atoms with Crippen LogP contribution in [-0.2, 0) is 30.8 Å². The van der Waals surface area contributed by atoms with Crippen molar-refractivity contribution in [2.45, 2.75) is 101 Å². The quantitative estimate of drug-likeness (QED) is 0.217. The number of methoxy groups -OCH3 is 1. The molecule has 0 bridgehead atoms. The Labute approximate surface area is 261 Å². The highest BCUT2D eigenvalue weighted by molar-refractivity contribution is 7.90. The lowest BCUT2D eigenvalue weighted by Crippen LogP contribution is -2.58. The number of amides is 3. The van der Waals surface area contributed by atoms with Crippen molar-refractivity contribution in [3.05, 3.63) is 42.0 Å². The molecule has 0 radical (unpaired) electrons. The molecule has 3 amide bonds. The molecule has 2 N–H and O–H groups in total. The molecule has 2 saturated carbocycles. The highest BCUT2D eigenvalue weighted by atomic mass is 32.2. The summed E-state index contributed by atoms with van der Waals surface area (Å²) in [4.78, 5) is 31.8. The molecule has 5 atom stereocenters. The number of allylic oxidation sites excluding steroid dienone is 1. The highest BCUT2D eigenvalue weighted by Crippen LogP contribution is 2.48. The molecule has 1 saturated heterocycles. The van der Waals surface area contributed by atoms with Gasteiger partial charge in [-0.3, -0.25) is 4.79 Å². The molecule has 2 aliphatic heterocycles. The monoisotopic (exact) mass is 632 g/mol. The van der Waals surface area contributed by atoms with Crippen molar-refractivity contribution >= 4 is 22.0 Å². The summed E-state index contributed by atoms with van der Waals surface area (Å²) in [6.45, 7) is 5.55. The minimum atomic E-state index is -3.46. The summed E-state index contributed by atoms with van der Waals surface area (Å²) >= 11 is 0. The molecule has 1 unspecified atom stereocenters. The van der Waals surface area contributed by atoms with Crippen LogP contribution in [0.4, 0.5) is 4.79 Å². The van der Waals surface area contributed by atoms with Crippen LogP contribution in [0.5, 0.6) is 5.75 Å². The van der Waals surface area contributed by atoms with Gasteiger partial charge in [0.25, 0.3) is 0 Å². The fourth-order valence-electron chi connectivity index (χ4n) is 6.42. The average Bonchev–Trinajstić information content (AvgIpc) is 3.93. The molecule has 2 aliphatic carbocycles. The van der Waals surface area contributed by atoms with Crippen LogP contribution in [0.3, 0.4) is 0 Å². The zero-order valence-electron chi connectivity index (χ0n) is 26.2. The Bertz CT molecular complexity index is 1290. The van der Waals surface area contributed by atoms with E-state index in [0.717, 1.165) is 37.0 Å². The van der Waals surface area contributed by atoms with Gasteiger partial charge in [0.1, 0.15) is 18.6 Å². The van der Waals surface area contributed by atoms with Gasteiger partial charge in [-0.15, -0.1) is 0 Å². The van der Waals surface area contributed by atoms with Crippen LogP contribution in [-0.4, -0.2) is 92.7 Å². The molecule has 0 spiro atoms. The van der Waals surface area contributed by atoms with E-state index < -0.39 is 27.6 Å². The van der Waals surface area contributed by atoms with Gasteiger partial charge in [-0.2, -0.15) is 0 Å². The van der Waals surface area contributed by atoms with Gasteiger partial charge in [0, 0.05) is 44.6 Å². The normalized spacial score (nSPS) is 29.6. The van der Waals surface area contributed by atoms with Crippen LogP contribution in [0.1, 0.15) is 70.8 Å². The van der Waals surface area contributed by atoms with E-state index in [-0.39, 0.29) is 42.5 Å². The number of ether oxygens (including phenoxy) is 3. The lowest BCUT2D eigenvalue weighted by atomic mass is 10.0. The first kappa shape index (κ1) is 32.7. The number of fused-ring (bicyclic) bond motifs is 2. The summed E-state index contributed by atoms with van der Waals surface area (Å²) < 4.78 is 45.3. The van der Waals surface area contributed by atoms with Crippen LogP contribution in [0.25, 0.3) is 0 Å². The van der Waals surface area contributed by atoms with E-state index in [0.29, 0.717) is 45.4 Å². The first-order chi connectivity index (χ1) is 21.2. The molecule has 0 aromatic heterocycles. The maximum Gasteiger partial charge on any atom is 0.321 e. The Morgan fingerprint density at radius 3 is 2.61 bits per heavy atom. The topological polar surface area (TPSA) is 127 Å². The van der Waals surface area contributed by atoms with Gasteiger partial charge < -0.3 is 29.3 Å². The molecule has 244 valence electrons. The smallest absolute Gasteiger partial charge is 0.321 e. The maximum absolute atomic E-state index is 14.2. The van der Waals surface area contributed by atoms with Crippen molar-refractivity contribution in [3.8, 4) is 5.75 Å². The number of sulfonamides is 1. The van der Waals surface area contributed by atoms with Crippen LogP contribution in [0.15, 0.2) is 36.4 Å². The molecule has 3 fully saturated rings. The molecule has 12 heteroatoms. The Hall–Kier alpha value is -2.67. The van der Waals surface area contributed by atoms with Crippen molar-refractivity contribution in [3.63, 3.8) is 0 Å². The van der Waals surface area contributed by atoms with E-state index >= 15 is 0 Å². The second kappa shape index (κ2) is 14.2. The van der Waals surface area contributed by atoms with E-state index in [2.05, 4.69) is 22.2 Å². The SMILES string of the molecule is CCOCO[C@@H]1C[C@H]2C(=O)N[C@]3(C(C)NS(=O)(=O)C4CC4)C[C@H]3/C=C\CCCCCN(Cc3ccc(OC)cc3)C(=O)N2C1. The number of carbonyl (C=O) groups is 2. The zero-order valence-corrected chi connectivity index (χ0v) is 27.0. The van der Waals surface area contributed by atoms with E-state index in [4.69, 9.17) is 14.2 Å². The van der Waals surface area contributed by atoms with E-state index in [9.17, 15) is 18.0 Å². The average molecular weight is 633 g/mol. The Balaban J connectivity index is 1.40. The van der Waals surface area contributed by atoms with Crippen molar-refractivity contribution in [2.24, 2.45) is 5.92 Å². The van der Waals surface area contributed by atoms with Crippen molar-refractivity contribution < 1.29 is 32.2 Å². The standard InChI is InChI=1S/C32H48N4O7S/c1-4-42-22-43-27-18-29-30(37)33-32(23(2)34-44(39,40)28-15-16-28)19-25(32)10-8-6-5-7-9-17-35(31(38)36(29)21-27)20-24-11-13-26(41-3)14-12-24/h8,10-14,23,25,27-29,34H,4-7,9,15-22H2,1-3H3,(H,33,37)/b10-8-/t23?,25-,27-,29+,32+/m1/s1. The molecule has 4 aliphatic rings. The number of hydrogen-bond donors (Lipinski definition) is 2. The molecule has 1 aromatic rings. The lowest BCUT2D eigenvalue weighted by Gasteiger charge is -2.33. The summed E-state index contributed by atoms with van der Waals surface area (Å²) in [6, 6.07) is 6.21. The third kappa shape index (κ3) is 7.75. The summed E-state index contributed by atoms with van der Waals surface area (Å²) in [6.07, 6.45) is 9.91. The molecule has 11 nitrogen and oxygen atoms in total. The van der Waals surface area contributed by atoms with Crippen molar-refractivity contribution in [1.82, 2.24) is 19.8 Å². The van der Waals surface area contributed by atoms with Gasteiger partial charge in [0.05, 0.1) is 24.0 Å². The first-order valence-corrected chi connectivity index (χ1v) is 17.6. The zero-order chi connectivity index (χ0) is 31.3. The van der Waals surface area contributed by atoms with Crippen LogP contribution < -0.4 is 14.8 Å². The second-order valence-corrected chi connectivity index (χ2v) is 14.5. The molecule has 44 heavy (non-hydrogen) atoms. The van der Waals surface area contributed by atoms with E-state index in [1.165, 1.54) is 0 Å². The lowest BCUT2D eigenvalue weighted by molar-refractivity contribution is -0.126. The number of urea groups is 1. The largest absolute Gasteiger partial charge is 0.497 e. The summed E-state index contributed by atoms with van der Waals surface area (Å²) in [5, 5.41) is 2.89. The number of rotatable bonds is 11. The molecular weight excluding hydrogens is 584 g/mol. The summed E-state index contributed by atoms with van der Waals surface area (Å²) in [7, 11) is -1.84.